The summed E-state index contributed by atoms with van der Waals surface area (Å²) in [6.07, 6.45) is 1.57. The number of fused-ring (bicyclic) bond motifs is 4. The molecule has 0 heterocycles. The van der Waals surface area contributed by atoms with Crippen LogP contribution in [0, 0.1) is 11.3 Å². The van der Waals surface area contributed by atoms with Crippen LogP contribution in [0.3, 0.4) is 0 Å². The third kappa shape index (κ3) is 3.61. The molecular weight excluding hydrogens is 408 g/mol. The zero-order chi connectivity index (χ0) is 22.3. The van der Waals surface area contributed by atoms with Gasteiger partial charge in [-0.15, -0.1) is 0 Å². The lowest BCUT2D eigenvalue weighted by atomic mass is 9.98. The summed E-state index contributed by atoms with van der Waals surface area (Å²) in [6, 6.07) is 16.3. The van der Waals surface area contributed by atoms with Crippen LogP contribution >= 0.6 is 0 Å². The highest BCUT2D eigenvalue weighted by molar-refractivity contribution is 5.87. The Bertz CT molecular complexity index is 1040. The van der Waals surface area contributed by atoms with E-state index in [0.717, 1.165) is 12.8 Å². The molecule has 3 N–H and O–H groups in total. The van der Waals surface area contributed by atoms with Crippen molar-refractivity contribution >= 4 is 18.0 Å². The lowest BCUT2D eigenvalue weighted by molar-refractivity contribution is -0.137. The highest BCUT2D eigenvalue weighted by Crippen LogP contribution is 2.63. The van der Waals surface area contributed by atoms with Gasteiger partial charge in [0.15, 0.2) is 0 Å². The van der Waals surface area contributed by atoms with E-state index < -0.39 is 17.5 Å². The first-order valence-electron chi connectivity index (χ1n) is 11.1. The molecule has 5 rings (SSSR count). The molecule has 2 aromatic rings. The second-order valence-electron chi connectivity index (χ2n) is 9.06. The van der Waals surface area contributed by atoms with Gasteiger partial charge in [0.2, 0.25) is 5.91 Å². The van der Waals surface area contributed by atoms with Crippen molar-refractivity contribution in [1.29, 1.82) is 0 Å². The molecular formula is C25H26N2O5. The Balaban J connectivity index is 1.15. The highest BCUT2D eigenvalue weighted by atomic mass is 16.5. The number of ether oxygens (including phenoxy) is 1. The number of carboxylic acids is 1. The number of nitrogens with one attached hydrogen (secondary N) is 2. The largest absolute Gasteiger partial charge is 0.481 e. The van der Waals surface area contributed by atoms with Gasteiger partial charge in [-0.25, -0.2) is 4.79 Å². The smallest absolute Gasteiger partial charge is 0.407 e. The van der Waals surface area contributed by atoms with E-state index in [1.54, 1.807) is 0 Å². The van der Waals surface area contributed by atoms with Crippen LogP contribution in [0.1, 0.15) is 42.7 Å². The highest BCUT2D eigenvalue weighted by Gasteiger charge is 2.65. The maximum atomic E-state index is 12.5. The van der Waals surface area contributed by atoms with Crippen molar-refractivity contribution < 1.29 is 24.2 Å². The van der Waals surface area contributed by atoms with Crippen molar-refractivity contribution in [1.82, 2.24) is 10.6 Å². The summed E-state index contributed by atoms with van der Waals surface area (Å²) in [5.74, 6) is -0.778. The summed E-state index contributed by atoms with van der Waals surface area (Å²) in [7, 11) is 0. The van der Waals surface area contributed by atoms with Gasteiger partial charge in [0.1, 0.15) is 6.61 Å². The molecule has 0 aliphatic heterocycles. The summed E-state index contributed by atoms with van der Waals surface area (Å²) in [5, 5.41) is 14.4. The molecule has 3 aliphatic rings. The monoisotopic (exact) mass is 434 g/mol. The van der Waals surface area contributed by atoms with Crippen LogP contribution in [-0.2, 0) is 14.3 Å². The minimum absolute atomic E-state index is 0.0106. The van der Waals surface area contributed by atoms with E-state index >= 15 is 0 Å². The molecule has 2 aromatic carbocycles. The fourth-order valence-electron chi connectivity index (χ4n) is 5.55. The number of rotatable bonds is 7. The van der Waals surface area contributed by atoms with Crippen molar-refractivity contribution in [2.45, 2.75) is 37.6 Å². The summed E-state index contributed by atoms with van der Waals surface area (Å²) >= 11 is 0. The van der Waals surface area contributed by atoms with E-state index in [-0.39, 0.29) is 43.4 Å². The first-order chi connectivity index (χ1) is 15.5. The molecule has 2 fully saturated rings. The van der Waals surface area contributed by atoms with Crippen molar-refractivity contribution in [2.75, 3.05) is 13.2 Å². The van der Waals surface area contributed by atoms with Crippen LogP contribution in [0.4, 0.5) is 4.79 Å². The van der Waals surface area contributed by atoms with E-state index in [1.165, 1.54) is 22.3 Å². The molecule has 7 heteroatoms. The molecule has 2 saturated carbocycles. The van der Waals surface area contributed by atoms with Crippen LogP contribution in [0.25, 0.3) is 11.1 Å². The number of carbonyl (C=O) groups is 3. The Morgan fingerprint density at radius 1 is 1.00 bits per heavy atom. The molecule has 32 heavy (non-hydrogen) atoms. The Hall–Kier alpha value is -3.35. The lowest BCUT2D eigenvalue weighted by Crippen LogP contribution is -2.38. The number of alkyl carbamates (subject to hydrolysis) is 1. The van der Waals surface area contributed by atoms with E-state index in [0.29, 0.717) is 6.42 Å². The average Bonchev–Trinajstić information content (AvgIpc) is 3.20. The van der Waals surface area contributed by atoms with Crippen molar-refractivity contribution in [3.63, 3.8) is 0 Å². The van der Waals surface area contributed by atoms with Crippen LogP contribution in [0.5, 0.6) is 0 Å². The molecule has 0 radical (unpaired) electrons. The van der Waals surface area contributed by atoms with E-state index in [1.807, 2.05) is 24.3 Å². The summed E-state index contributed by atoms with van der Waals surface area (Å²) in [4.78, 5) is 35.7. The standard InChI is InChI=1S/C25H26N2O5/c28-22(29)9-10-26-23(30)25-12-15(25)11-16(13-25)27-24(31)32-14-21-19-7-3-1-5-17(19)18-6-2-4-8-20(18)21/h1-8,15-16,21H,9-14H2,(H,26,30)(H,27,31)(H,28,29). The number of carboxylic acid groups (broad SMARTS) is 1. The molecule has 3 atom stereocenters. The predicted octanol–water partition coefficient (Wildman–Crippen LogP) is 3.28. The van der Waals surface area contributed by atoms with Gasteiger partial charge in [-0.1, -0.05) is 48.5 Å². The number of carbonyl (C=O) groups excluding carboxylic acids is 2. The zero-order valence-corrected chi connectivity index (χ0v) is 17.7. The first kappa shape index (κ1) is 20.5. The molecule has 0 spiro atoms. The molecule has 7 nitrogen and oxygen atoms in total. The van der Waals surface area contributed by atoms with Gasteiger partial charge in [-0.3, -0.25) is 9.59 Å². The second-order valence-corrected chi connectivity index (χ2v) is 9.06. The number of amides is 2. The van der Waals surface area contributed by atoms with Gasteiger partial charge in [-0.2, -0.15) is 0 Å². The van der Waals surface area contributed by atoms with E-state index in [9.17, 15) is 14.4 Å². The van der Waals surface area contributed by atoms with E-state index in [2.05, 4.69) is 34.9 Å². The van der Waals surface area contributed by atoms with Crippen LogP contribution in [-0.4, -0.2) is 42.3 Å². The number of hydrogen-bond acceptors (Lipinski definition) is 4. The predicted molar refractivity (Wildman–Crippen MR) is 117 cm³/mol. The normalized spacial score (nSPS) is 24.8. The first-order valence-corrected chi connectivity index (χ1v) is 11.1. The lowest BCUT2D eigenvalue weighted by Gasteiger charge is -2.19. The average molecular weight is 434 g/mol. The SMILES string of the molecule is O=C(O)CCNC(=O)C12CC(NC(=O)OCC3c4ccccc4-c4ccccc43)CC1C2. The second kappa shape index (κ2) is 7.97. The zero-order valence-electron chi connectivity index (χ0n) is 17.7. The van der Waals surface area contributed by atoms with Crippen LogP contribution in [0.2, 0.25) is 0 Å². The number of aliphatic carboxylic acids is 1. The maximum absolute atomic E-state index is 12.5. The minimum Gasteiger partial charge on any atom is -0.481 e. The number of hydrogen-bond donors (Lipinski definition) is 3. The van der Waals surface area contributed by atoms with Gasteiger partial charge in [0.25, 0.3) is 0 Å². The molecule has 0 aromatic heterocycles. The third-order valence-electron chi connectivity index (χ3n) is 7.15. The van der Waals surface area contributed by atoms with Crippen LogP contribution < -0.4 is 10.6 Å². The molecule has 3 aliphatic carbocycles. The van der Waals surface area contributed by atoms with Crippen molar-refractivity contribution in [2.24, 2.45) is 11.3 Å². The summed E-state index contributed by atoms with van der Waals surface area (Å²) in [6.45, 7) is 0.393. The Morgan fingerprint density at radius 3 is 2.31 bits per heavy atom. The summed E-state index contributed by atoms with van der Waals surface area (Å²) < 4.78 is 5.62. The quantitative estimate of drug-likeness (QED) is 0.620. The van der Waals surface area contributed by atoms with Crippen LogP contribution in [0.15, 0.2) is 48.5 Å². The van der Waals surface area contributed by atoms with Gasteiger partial charge in [0.05, 0.1) is 11.8 Å². The minimum atomic E-state index is -0.934. The van der Waals surface area contributed by atoms with Crippen molar-refractivity contribution in [3.05, 3.63) is 59.7 Å². The van der Waals surface area contributed by atoms with Gasteiger partial charge >= 0.3 is 12.1 Å². The molecule has 0 saturated heterocycles. The Morgan fingerprint density at radius 2 is 1.66 bits per heavy atom. The van der Waals surface area contributed by atoms with Crippen molar-refractivity contribution in [3.8, 4) is 11.1 Å². The molecule has 3 unspecified atom stereocenters. The van der Waals surface area contributed by atoms with E-state index in [4.69, 9.17) is 9.84 Å². The number of benzene rings is 2. The fourth-order valence-corrected chi connectivity index (χ4v) is 5.55. The molecule has 2 amide bonds. The molecule has 166 valence electrons. The Kier molecular flexibility index (Phi) is 5.12. The molecule has 0 bridgehead atoms. The summed E-state index contributed by atoms with van der Waals surface area (Å²) in [5.41, 5.74) is 4.24. The maximum Gasteiger partial charge on any atom is 0.407 e. The fraction of sp³-hybridized carbons (Fsp3) is 0.400. The topological polar surface area (TPSA) is 105 Å². The van der Waals surface area contributed by atoms with Gasteiger partial charge in [-0.05, 0) is 47.4 Å². The van der Waals surface area contributed by atoms with Gasteiger partial charge in [0, 0.05) is 18.5 Å². The Labute approximate surface area is 186 Å². The van der Waals surface area contributed by atoms with Gasteiger partial charge < -0.3 is 20.5 Å². The third-order valence-corrected chi connectivity index (χ3v) is 7.15.